The number of fused-ring (bicyclic) bond motifs is 1. The number of hydrogen-bond donors (Lipinski definition) is 1. The molecule has 0 radical (unpaired) electrons. The summed E-state index contributed by atoms with van der Waals surface area (Å²) in [5.74, 6) is 0. The Morgan fingerprint density at radius 3 is 2.32 bits per heavy atom. The molecule has 0 aromatic rings. The molecule has 0 spiro atoms. The molecule has 0 aromatic carbocycles. The fourth-order valence-corrected chi connectivity index (χ4v) is 4.35. The van der Waals surface area contributed by atoms with Crippen LogP contribution in [-0.2, 0) is 0 Å². The lowest BCUT2D eigenvalue weighted by Gasteiger charge is -2.47. The third kappa shape index (κ3) is 3.32. The molecule has 3 rings (SSSR count). The second-order valence-electron chi connectivity index (χ2n) is 6.81. The fourth-order valence-electron chi connectivity index (χ4n) is 4.35. The van der Waals surface area contributed by atoms with Crippen molar-refractivity contribution >= 4 is 0 Å². The zero-order valence-electron chi connectivity index (χ0n) is 12.3. The first-order chi connectivity index (χ1) is 9.34. The summed E-state index contributed by atoms with van der Waals surface area (Å²) < 4.78 is 0. The Kier molecular flexibility index (Phi) is 4.78. The van der Waals surface area contributed by atoms with E-state index in [1.54, 1.807) is 0 Å². The summed E-state index contributed by atoms with van der Waals surface area (Å²) in [5, 5.41) is 10.5. The van der Waals surface area contributed by atoms with E-state index in [2.05, 4.69) is 9.80 Å². The van der Waals surface area contributed by atoms with Gasteiger partial charge in [0, 0.05) is 31.7 Å². The summed E-state index contributed by atoms with van der Waals surface area (Å²) in [5.41, 5.74) is 0. The molecule has 1 saturated carbocycles. The van der Waals surface area contributed by atoms with Gasteiger partial charge in [0.1, 0.15) is 0 Å². The average Bonchev–Trinajstić information content (AvgIpc) is 2.43. The van der Waals surface area contributed by atoms with Gasteiger partial charge in [0.15, 0.2) is 0 Å². The van der Waals surface area contributed by atoms with Gasteiger partial charge in [-0.3, -0.25) is 9.80 Å². The van der Waals surface area contributed by atoms with Gasteiger partial charge in [-0.2, -0.15) is 0 Å². The molecular weight excluding hydrogens is 236 g/mol. The van der Waals surface area contributed by atoms with Crippen LogP contribution in [0.2, 0.25) is 0 Å². The maximum atomic E-state index is 10.5. The van der Waals surface area contributed by atoms with Gasteiger partial charge >= 0.3 is 0 Å². The van der Waals surface area contributed by atoms with E-state index in [-0.39, 0.29) is 6.10 Å². The van der Waals surface area contributed by atoms with Crippen molar-refractivity contribution in [1.29, 1.82) is 0 Å². The highest BCUT2D eigenvalue weighted by Gasteiger charge is 2.34. The predicted octanol–water partition coefficient (Wildman–Crippen LogP) is 2.24. The smallest absolute Gasteiger partial charge is 0.0695 e. The van der Waals surface area contributed by atoms with Crippen LogP contribution in [0, 0.1) is 0 Å². The topological polar surface area (TPSA) is 26.7 Å². The minimum absolute atomic E-state index is 0.0737. The van der Waals surface area contributed by atoms with Gasteiger partial charge in [-0.15, -0.1) is 0 Å². The second kappa shape index (κ2) is 6.55. The van der Waals surface area contributed by atoms with Crippen LogP contribution >= 0.6 is 0 Å². The molecule has 19 heavy (non-hydrogen) atoms. The van der Waals surface area contributed by atoms with E-state index in [4.69, 9.17) is 0 Å². The van der Waals surface area contributed by atoms with E-state index in [9.17, 15) is 5.11 Å². The number of nitrogens with zero attached hydrogens (tertiary/aromatic N) is 2. The van der Waals surface area contributed by atoms with Gasteiger partial charge in [0.2, 0.25) is 0 Å². The Labute approximate surface area is 118 Å². The summed E-state index contributed by atoms with van der Waals surface area (Å²) in [6.07, 6.45) is 11.6. The Hall–Kier alpha value is -0.120. The van der Waals surface area contributed by atoms with Crippen molar-refractivity contribution in [2.45, 2.75) is 76.0 Å². The second-order valence-corrected chi connectivity index (χ2v) is 6.81. The van der Waals surface area contributed by atoms with Crippen molar-refractivity contribution < 1.29 is 5.11 Å². The van der Waals surface area contributed by atoms with Gasteiger partial charge < -0.3 is 5.11 Å². The molecule has 3 heteroatoms. The molecule has 1 N–H and O–H groups in total. The summed E-state index contributed by atoms with van der Waals surface area (Å²) in [4.78, 5) is 5.32. The van der Waals surface area contributed by atoms with E-state index in [1.165, 1.54) is 77.5 Å². The Morgan fingerprint density at radius 2 is 1.42 bits per heavy atom. The van der Waals surface area contributed by atoms with Crippen LogP contribution in [0.25, 0.3) is 0 Å². The van der Waals surface area contributed by atoms with Crippen molar-refractivity contribution in [3.8, 4) is 0 Å². The number of rotatable bonds is 1. The van der Waals surface area contributed by atoms with Crippen LogP contribution in [0.1, 0.15) is 57.8 Å². The van der Waals surface area contributed by atoms with Crippen LogP contribution in [0.5, 0.6) is 0 Å². The van der Waals surface area contributed by atoms with Crippen LogP contribution < -0.4 is 0 Å². The molecule has 2 saturated heterocycles. The Balaban J connectivity index is 1.60. The third-order valence-electron chi connectivity index (χ3n) is 5.53. The SMILES string of the molecule is OC1CCCCCCC1N1CCN2CCCCC2C1. The quantitative estimate of drug-likeness (QED) is 0.788. The summed E-state index contributed by atoms with van der Waals surface area (Å²) in [6.45, 7) is 4.93. The number of piperidine rings is 1. The number of hydrogen-bond acceptors (Lipinski definition) is 3. The molecule has 3 nitrogen and oxygen atoms in total. The summed E-state index contributed by atoms with van der Waals surface area (Å²) in [7, 11) is 0. The molecule has 3 unspecified atom stereocenters. The maximum absolute atomic E-state index is 10.5. The minimum Gasteiger partial charge on any atom is -0.391 e. The largest absolute Gasteiger partial charge is 0.391 e. The first kappa shape index (κ1) is 13.8. The van der Waals surface area contributed by atoms with E-state index in [1.807, 2.05) is 0 Å². The molecule has 3 aliphatic rings. The average molecular weight is 266 g/mol. The van der Waals surface area contributed by atoms with Crippen molar-refractivity contribution in [2.24, 2.45) is 0 Å². The molecule has 2 heterocycles. The van der Waals surface area contributed by atoms with E-state index in [0.717, 1.165) is 12.5 Å². The van der Waals surface area contributed by atoms with Gasteiger partial charge in [0.05, 0.1) is 6.10 Å². The normalized spacial score (nSPS) is 39.3. The summed E-state index contributed by atoms with van der Waals surface area (Å²) in [6, 6.07) is 1.23. The van der Waals surface area contributed by atoms with E-state index in [0.29, 0.717) is 6.04 Å². The lowest BCUT2D eigenvalue weighted by Crippen LogP contribution is -2.59. The van der Waals surface area contributed by atoms with Gasteiger partial charge in [0.25, 0.3) is 0 Å². The van der Waals surface area contributed by atoms with Crippen LogP contribution in [0.3, 0.4) is 0 Å². The Morgan fingerprint density at radius 1 is 0.684 bits per heavy atom. The van der Waals surface area contributed by atoms with Crippen LogP contribution in [-0.4, -0.2) is 59.3 Å². The minimum atomic E-state index is -0.0737. The standard InChI is InChI=1S/C16H30N2O/c19-16-9-4-2-1-3-8-15(16)18-12-11-17-10-6-5-7-14(17)13-18/h14-16,19H,1-13H2. The zero-order valence-corrected chi connectivity index (χ0v) is 12.3. The molecular formula is C16H30N2O. The molecule has 3 atom stereocenters. The highest BCUT2D eigenvalue weighted by molar-refractivity contribution is 4.90. The predicted molar refractivity (Wildman–Crippen MR) is 78.3 cm³/mol. The van der Waals surface area contributed by atoms with E-state index >= 15 is 0 Å². The molecule has 3 fully saturated rings. The number of aliphatic hydroxyl groups is 1. The van der Waals surface area contributed by atoms with Crippen molar-refractivity contribution in [3.05, 3.63) is 0 Å². The Bertz CT molecular complexity index is 284. The van der Waals surface area contributed by atoms with Gasteiger partial charge in [-0.1, -0.05) is 32.1 Å². The van der Waals surface area contributed by atoms with Crippen molar-refractivity contribution in [3.63, 3.8) is 0 Å². The third-order valence-corrected chi connectivity index (χ3v) is 5.53. The molecule has 0 aromatic heterocycles. The maximum Gasteiger partial charge on any atom is 0.0695 e. The monoisotopic (exact) mass is 266 g/mol. The highest BCUT2D eigenvalue weighted by Crippen LogP contribution is 2.27. The molecule has 110 valence electrons. The van der Waals surface area contributed by atoms with Crippen LogP contribution in [0.4, 0.5) is 0 Å². The fraction of sp³-hybridized carbons (Fsp3) is 1.00. The van der Waals surface area contributed by atoms with Crippen molar-refractivity contribution in [1.82, 2.24) is 9.80 Å². The first-order valence-corrected chi connectivity index (χ1v) is 8.51. The van der Waals surface area contributed by atoms with Gasteiger partial charge in [-0.25, -0.2) is 0 Å². The summed E-state index contributed by atoms with van der Waals surface area (Å²) >= 11 is 0. The van der Waals surface area contributed by atoms with Crippen molar-refractivity contribution in [2.75, 3.05) is 26.2 Å². The zero-order chi connectivity index (χ0) is 13.1. The lowest BCUT2D eigenvalue weighted by atomic mass is 9.91. The molecule has 1 aliphatic carbocycles. The first-order valence-electron chi connectivity index (χ1n) is 8.51. The van der Waals surface area contributed by atoms with Gasteiger partial charge in [-0.05, 0) is 32.2 Å². The molecule has 0 bridgehead atoms. The number of aliphatic hydroxyl groups excluding tert-OH is 1. The lowest BCUT2D eigenvalue weighted by molar-refractivity contribution is -0.0233. The molecule has 0 amide bonds. The van der Waals surface area contributed by atoms with E-state index < -0.39 is 0 Å². The van der Waals surface area contributed by atoms with Crippen LogP contribution in [0.15, 0.2) is 0 Å². The number of piperazine rings is 1. The highest BCUT2D eigenvalue weighted by atomic mass is 16.3. The molecule has 2 aliphatic heterocycles.